The Labute approximate surface area is 222 Å². The molecule has 1 aliphatic carbocycles. The summed E-state index contributed by atoms with van der Waals surface area (Å²) in [6, 6.07) is 23.4. The highest BCUT2D eigenvalue weighted by atomic mass is 35.5. The lowest BCUT2D eigenvalue weighted by atomic mass is 10.0. The first-order valence-corrected chi connectivity index (χ1v) is 13.0. The highest BCUT2D eigenvalue weighted by Gasteiger charge is 2.32. The van der Waals surface area contributed by atoms with E-state index in [1.165, 1.54) is 0 Å². The molecule has 1 saturated carbocycles. The van der Waals surface area contributed by atoms with Crippen LogP contribution < -0.4 is 10.1 Å². The monoisotopic (exact) mass is 524 g/mol. The quantitative estimate of drug-likeness (QED) is 0.350. The zero-order valence-corrected chi connectivity index (χ0v) is 21.5. The predicted molar refractivity (Wildman–Crippen MR) is 143 cm³/mol. The maximum absolute atomic E-state index is 13.6. The van der Waals surface area contributed by atoms with E-state index in [1.807, 2.05) is 48.5 Å². The second-order valence-electron chi connectivity index (χ2n) is 9.09. The Bertz CT molecular complexity index is 1150. The van der Waals surface area contributed by atoms with Crippen molar-refractivity contribution in [3.63, 3.8) is 0 Å². The van der Waals surface area contributed by atoms with Crippen LogP contribution in [0.4, 0.5) is 0 Å². The zero-order valence-electron chi connectivity index (χ0n) is 20.0. The summed E-state index contributed by atoms with van der Waals surface area (Å²) in [5.74, 6) is 0.102. The molecule has 7 heteroatoms. The van der Waals surface area contributed by atoms with Gasteiger partial charge in [-0.15, -0.1) is 0 Å². The van der Waals surface area contributed by atoms with Gasteiger partial charge in [0.2, 0.25) is 5.91 Å². The van der Waals surface area contributed by atoms with Crippen molar-refractivity contribution < 1.29 is 14.3 Å². The summed E-state index contributed by atoms with van der Waals surface area (Å²) in [4.78, 5) is 28.8. The molecule has 4 rings (SSSR count). The Hall–Kier alpha value is -3.02. The summed E-state index contributed by atoms with van der Waals surface area (Å²) in [7, 11) is 0. The average molecular weight is 525 g/mol. The summed E-state index contributed by atoms with van der Waals surface area (Å²) in [6.45, 7) is 0.0309. The number of carbonyl (C=O) groups is 2. The third-order valence-electron chi connectivity index (χ3n) is 6.39. The van der Waals surface area contributed by atoms with Crippen LogP contribution in [-0.2, 0) is 22.6 Å². The van der Waals surface area contributed by atoms with Crippen molar-refractivity contribution in [2.24, 2.45) is 0 Å². The molecule has 1 aliphatic rings. The van der Waals surface area contributed by atoms with Gasteiger partial charge in [-0.25, -0.2) is 0 Å². The number of carbonyl (C=O) groups excluding carboxylic acids is 2. The van der Waals surface area contributed by atoms with Crippen molar-refractivity contribution >= 4 is 35.0 Å². The maximum atomic E-state index is 13.6. The third kappa shape index (κ3) is 7.49. The summed E-state index contributed by atoms with van der Waals surface area (Å²) in [6.07, 6.45) is 4.53. The van der Waals surface area contributed by atoms with Gasteiger partial charge in [-0.3, -0.25) is 9.59 Å². The summed E-state index contributed by atoms with van der Waals surface area (Å²) >= 11 is 12.2. The van der Waals surface area contributed by atoms with E-state index in [0.717, 1.165) is 36.8 Å². The van der Waals surface area contributed by atoms with Crippen LogP contribution >= 0.6 is 23.2 Å². The van der Waals surface area contributed by atoms with Gasteiger partial charge >= 0.3 is 0 Å². The molecule has 1 fully saturated rings. The molecule has 1 unspecified atom stereocenters. The summed E-state index contributed by atoms with van der Waals surface area (Å²) < 4.78 is 5.77. The number of nitrogens with zero attached hydrogens (tertiary/aromatic N) is 1. The van der Waals surface area contributed by atoms with Gasteiger partial charge in [-0.05, 0) is 60.4 Å². The number of ether oxygens (including phenoxy) is 1. The van der Waals surface area contributed by atoms with Crippen LogP contribution in [0.25, 0.3) is 0 Å². The highest BCUT2D eigenvalue weighted by Crippen LogP contribution is 2.21. The minimum atomic E-state index is -0.701. The van der Waals surface area contributed by atoms with Gasteiger partial charge in [0.1, 0.15) is 11.8 Å². The largest absolute Gasteiger partial charge is 0.484 e. The van der Waals surface area contributed by atoms with Crippen molar-refractivity contribution in [3.05, 3.63) is 100 Å². The number of benzene rings is 3. The van der Waals surface area contributed by atoms with Crippen LogP contribution in [0.15, 0.2) is 78.9 Å². The topological polar surface area (TPSA) is 58.6 Å². The van der Waals surface area contributed by atoms with Gasteiger partial charge in [0.25, 0.3) is 5.91 Å². The molecule has 0 aromatic heterocycles. The van der Waals surface area contributed by atoms with Crippen molar-refractivity contribution in [2.45, 2.75) is 50.7 Å². The van der Waals surface area contributed by atoms with E-state index < -0.39 is 6.04 Å². The zero-order chi connectivity index (χ0) is 25.3. The molecule has 0 spiro atoms. The maximum Gasteiger partial charge on any atom is 0.261 e. The smallest absolute Gasteiger partial charge is 0.261 e. The minimum Gasteiger partial charge on any atom is -0.484 e. The first kappa shape index (κ1) is 26.1. The first-order valence-electron chi connectivity index (χ1n) is 12.2. The average Bonchev–Trinajstić information content (AvgIpc) is 3.39. The van der Waals surface area contributed by atoms with Crippen molar-refractivity contribution in [2.75, 3.05) is 6.61 Å². The van der Waals surface area contributed by atoms with E-state index in [2.05, 4.69) is 5.32 Å². The Morgan fingerprint density at radius 2 is 1.58 bits per heavy atom. The number of amides is 2. The highest BCUT2D eigenvalue weighted by molar-refractivity contribution is 6.30. The molecule has 0 aliphatic heterocycles. The molecule has 3 aromatic rings. The fourth-order valence-electron chi connectivity index (χ4n) is 4.51. The van der Waals surface area contributed by atoms with Gasteiger partial charge in [0.15, 0.2) is 6.61 Å². The summed E-state index contributed by atoms with van der Waals surface area (Å²) in [5.41, 5.74) is 1.82. The SMILES string of the molecule is O=C(NC1CCCC1)C(Cc1ccccc1)N(Cc1cccc(Cl)c1)C(=O)COc1ccc(Cl)cc1. The Morgan fingerprint density at radius 1 is 0.889 bits per heavy atom. The lowest BCUT2D eigenvalue weighted by Gasteiger charge is -2.32. The van der Waals surface area contributed by atoms with E-state index in [9.17, 15) is 9.59 Å². The molecular weight excluding hydrogens is 495 g/mol. The lowest BCUT2D eigenvalue weighted by Crippen LogP contribution is -2.53. The van der Waals surface area contributed by atoms with Crippen LogP contribution in [0.3, 0.4) is 0 Å². The number of halogens is 2. The lowest BCUT2D eigenvalue weighted by molar-refractivity contribution is -0.143. The third-order valence-corrected chi connectivity index (χ3v) is 6.88. The minimum absolute atomic E-state index is 0.143. The number of nitrogens with one attached hydrogen (secondary N) is 1. The van der Waals surface area contributed by atoms with Crippen LogP contribution in [0.1, 0.15) is 36.8 Å². The normalized spacial score (nSPS) is 14.3. The second kappa shape index (κ2) is 12.8. The molecule has 0 heterocycles. The standard InChI is InChI=1S/C29H30Cl2N2O3/c30-23-13-15-26(16-14-23)36-20-28(34)33(19-22-9-6-10-24(31)17-22)27(18-21-7-2-1-3-8-21)29(35)32-25-11-4-5-12-25/h1-3,6-10,13-17,25,27H,4-5,11-12,18-20H2,(H,32,35). The molecule has 188 valence electrons. The number of hydrogen-bond donors (Lipinski definition) is 1. The van der Waals surface area contributed by atoms with Gasteiger partial charge in [0.05, 0.1) is 0 Å². The van der Waals surface area contributed by atoms with Gasteiger partial charge < -0.3 is 15.0 Å². The predicted octanol–water partition coefficient (Wildman–Crippen LogP) is 6.07. The molecule has 1 atom stereocenters. The van der Waals surface area contributed by atoms with Crippen LogP contribution in [-0.4, -0.2) is 35.4 Å². The Morgan fingerprint density at radius 3 is 2.28 bits per heavy atom. The van der Waals surface area contributed by atoms with E-state index in [1.54, 1.807) is 35.2 Å². The molecule has 0 saturated heterocycles. The summed E-state index contributed by atoms with van der Waals surface area (Å²) in [5, 5.41) is 4.36. The Balaban J connectivity index is 1.60. The van der Waals surface area contributed by atoms with E-state index in [4.69, 9.17) is 27.9 Å². The molecular formula is C29H30Cl2N2O3. The van der Waals surface area contributed by atoms with Crippen LogP contribution in [0, 0.1) is 0 Å². The molecule has 2 amide bonds. The number of hydrogen-bond acceptors (Lipinski definition) is 3. The van der Waals surface area contributed by atoms with Crippen LogP contribution in [0.2, 0.25) is 10.0 Å². The van der Waals surface area contributed by atoms with E-state index in [-0.39, 0.29) is 31.0 Å². The van der Waals surface area contributed by atoms with Crippen molar-refractivity contribution in [1.82, 2.24) is 10.2 Å². The fraction of sp³-hybridized carbons (Fsp3) is 0.310. The molecule has 0 radical (unpaired) electrons. The van der Waals surface area contributed by atoms with E-state index in [0.29, 0.717) is 22.2 Å². The van der Waals surface area contributed by atoms with E-state index >= 15 is 0 Å². The van der Waals surface area contributed by atoms with Gasteiger partial charge in [-0.2, -0.15) is 0 Å². The molecule has 5 nitrogen and oxygen atoms in total. The van der Waals surface area contributed by atoms with Crippen molar-refractivity contribution in [3.8, 4) is 5.75 Å². The Kier molecular flexibility index (Phi) is 9.26. The number of rotatable bonds is 10. The molecule has 3 aromatic carbocycles. The van der Waals surface area contributed by atoms with Gasteiger partial charge in [0, 0.05) is 29.1 Å². The molecule has 0 bridgehead atoms. The molecule has 36 heavy (non-hydrogen) atoms. The fourth-order valence-corrected chi connectivity index (χ4v) is 4.85. The van der Waals surface area contributed by atoms with Crippen LogP contribution in [0.5, 0.6) is 5.75 Å². The van der Waals surface area contributed by atoms with Crippen molar-refractivity contribution in [1.29, 1.82) is 0 Å². The second-order valence-corrected chi connectivity index (χ2v) is 9.96. The first-order chi connectivity index (χ1) is 17.5. The molecule has 1 N–H and O–H groups in total. The van der Waals surface area contributed by atoms with Gasteiger partial charge in [-0.1, -0.05) is 78.5 Å².